The number of carbonyl (C=O) groups is 1. The second-order valence-corrected chi connectivity index (χ2v) is 7.00. The van der Waals surface area contributed by atoms with Crippen LogP contribution in [0.3, 0.4) is 0 Å². The summed E-state index contributed by atoms with van der Waals surface area (Å²) >= 11 is 10.6. The van der Waals surface area contributed by atoms with Gasteiger partial charge in [0.2, 0.25) is 0 Å². The van der Waals surface area contributed by atoms with Gasteiger partial charge in [0.1, 0.15) is 0 Å². The second-order valence-electron chi connectivity index (χ2n) is 6.31. The number of benzene rings is 2. The summed E-state index contributed by atoms with van der Waals surface area (Å²) in [5.74, 6) is -0.998. The Kier molecular flexibility index (Phi) is 6.31. The number of nitrogens with zero attached hydrogens (tertiary/aromatic N) is 3. The fourth-order valence-electron chi connectivity index (χ4n) is 2.90. The van der Waals surface area contributed by atoms with Gasteiger partial charge in [0.25, 0.3) is 0 Å². The van der Waals surface area contributed by atoms with Gasteiger partial charge in [-0.25, -0.2) is 0 Å². The first-order chi connectivity index (χ1) is 13.8. The molecule has 0 bridgehead atoms. The quantitative estimate of drug-likeness (QED) is 0.204. The molecule has 1 N–H and O–H groups in total. The van der Waals surface area contributed by atoms with Gasteiger partial charge in [-0.3, -0.25) is 0 Å². The van der Waals surface area contributed by atoms with E-state index in [1.54, 1.807) is 43.4 Å². The monoisotopic (exact) mass is 455 g/mol. The zero-order valence-electron chi connectivity index (χ0n) is 15.3. The standard InChI is InChI=1S/C21H17ClFN3O2.Ni/c1-14(24(2)3)21(27)26(17-7-4-6-16(22)10-17)12-15-11-25(28)13-19-18(15)8-5-9-20(19)23;/h1-2,4-11,13,28H,12H2,3H3;. The van der Waals surface area contributed by atoms with Gasteiger partial charge in [-0.1, -0.05) is 0 Å². The van der Waals surface area contributed by atoms with Crippen LogP contribution in [0.25, 0.3) is 10.8 Å². The maximum atomic E-state index is 14.2. The topological polar surface area (TPSA) is 47.7 Å². The number of halogens is 2. The fraction of sp³-hybridized carbons (Fsp3) is 0.0952. The first-order valence-corrected chi connectivity index (χ1v) is 9.41. The Morgan fingerprint density at radius 2 is 2.00 bits per heavy atom. The molecule has 0 atom stereocenters. The third-order valence-corrected chi connectivity index (χ3v) is 4.98. The molecule has 1 heterocycles. The first kappa shape index (κ1) is 21.0. The van der Waals surface area contributed by atoms with Gasteiger partial charge in [-0.05, 0) is 0 Å². The summed E-state index contributed by atoms with van der Waals surface area (Å²) < 4.78 is 15.0. The van der Waals surface area contributed by atoms with Gasteiger partial charge in [0.05, 0.1) is 0 Å². The van der Waals surface area contributed by atoms with E-state index in [1.807, 2.05) is 0 Å². The Bertz CT molecular complexity index is 1120. The summed E-state index contributed by atoms with van der Waals surface area (Å²) in [6, 6.07) is 11.3. The van der Waals surface area contributed by atoms with E-state index in [4.69, 9.17) is 18.2 Å². The zero-order chi connectivity index (χ0) is 21.1. The van der Waals surface area contributed by atoms with E-state index in [0.717, 1.165) is 4.73 Å². The summed E-state index contributed by atoms with van der Waals surface area (Å²) in [4.78, 5) is 15.9. The minimum absolute atomic E-state index is 0.00985. The number of carbonyl (C=O) groups excluding carboxylic acids is 1. The molecule has 5 nitrogen and oxygen atoms in total. The summed E-state index contributed by atoms with van der Waals surface area (Å²) in [6.07, 6.45) is 2.68. The molecule has 0 saturated carbocycles. The van der Waals surface area contributed by atoms with Crippen LogP contribution in [-0.2, 0) is 26.4 Å². The SMILES string of the molecule is [CH-]=C(C(=O)N(Cc1c[n+](O)cc2c(F)cccc12)c1cccc(Cl)c1)N(C)[CH]=[Ni]. The summed E-state index contributed by atoms with van der Waals surface area (Å²) in [5, 5.41) is 12.5. The van der Waals surface area contributed by atoms with E-state index in [2.05, 4.69) is 15.0 Å². The molecular weight excluding hydrogens is 439 g/mol. The van der Waals surface area contributed by atoms with Crippen LogP contribution in [0.1, 0.15) is 5.56 Å². The van der Waals surface area contributed by atoms with E-state index in [9.17, 15) is 14.4 Å². The van der Waals surface area contributed by atoms with Gasteiger partial charge in [-0.15, -0.1) is 0 Å². The molecule has 0 unspecified atom stereocenters. The van der Waals surface area contributed by atoms with Crippen molar-refractivity contribution in [3.8, 4) is 0 Å². The van der Waals surface area contributed by atoms with Gasteiger partial charge >= 0.3 is 180 Å². The van der Waals surface area contributed by atoms with Crippen LogP contribution in [0, 0.1) is 12.4 Å². The summed E-state index contributed by atoms with van der Waals surface area (Å²) in [7, 11) is 1.57. The third-order valence-electron chi connectivity index (χ3n) is 4.36. The number of hydrogen-bond acceptors (Lipinski definition) is 3. The van der Waals surface area contributed by atoms with Crippen LogP contribution in [0.2, 0.25) is 5.02 Å². The Labute approximate surface area is 180 Å². The molecule has 0 aliphatic carbocycles. The van der Waals surface area contributed by atoms with E-state index < -0.39 is 11.7 Å². The predicted octanol–water partition coefficient (Wildman–Crippen LogP) is 3.25. The van der Waals surface area contributed by atoms with Crippen molar-refractivity contribution in [2.75, 3.05) is 11.9 Å². The van der Waals surface area contributed by atoms with Crippen LogP contribution in [0.5, 0.6) is 0 Å². The maximum absolute atomic E-state index is 14.2. The van der Waals surface area contributed by atoms with Gasteiger partial charge in [0.15, 0.2) is 0 Å². The number of pyridine rings is 1. The fourth-order valence-corrected chi connectivity index (χ4v) is 3.22. The Balaban J connectivity index is 2.12. The van der Waals surface area contributed by atoms with E-state index in [-0.39, 0.29) is 17.6 Å². The van der Waals surface area contributed by atoms with Gasteiger partial charge in [-0.2, -0.15) is 0 Å². The van der Waals surface area contributed by atoms with Gasteiger partial charge in [0, 0.05) is 0 Å². The van der Waals surface area contributed by atoms with Crippen LogP contribution >= 0.6 is 11.6 Å². The molecule has 1 aromatic heterocycles. The van der Waals surface area contributed by atoms with Crippen molar-refractivity contribution in [3.63, 3.8) is 0 Å². The number of rotatable bonds is 6. The molecule has 0 radical (unpaired) electrons. The van der Waals surface area contributed by atoms with E-state index in [0.29, 0.717) is 21.7 Å². The van der Waals surface area contributed by atoms with Crippen molar-refractivity contribution in [1.29, 1.82) is 0 Å². The normalized spacial score (nSPS) is 10.7. The minimum atomic E-state index is -0.513. The Morgan fingerprint density at radius 1 is 1.28 bits per heavy atom. The van der Waals surface area contributed by atoms with Crippen molar-refractivity contribution in [2.24, 2.45) is 0 Å². The van der Waals surface area contributed by atoms with E-state index in [1.165, 1.54) is 33.4 Å². The van der Waals surface area contributed by atoms with Crippen molar-refractivity contribution in [3.05, 3.63) is 83.5 Å². The average Bonchev–Trinajstić information content (AvgIpc) is 2.71. The molecule has 0 spiro atoms. The molecule has 0 aliphatic rings. The van der Waals surface area contributed by atoms with Crippen LogP contribution in [0.4, 0.5) is 10.1 Å². The molecule has 0 fully saturated rings. The third kappa shape index (κ3) is 4.47. The number of amides is 1. The zero-order valence-corrected chi connectivity index (χ0v) is 17.1. The number of hydrogen-bond donors (Lipinski definition) is 1. The number of likely N-dealkylation sites (N-methyl/N-ethyl adjacent to an activating group) is 1. The molecule has 2 aromatic carbocycles. The first-order valence-electron chi connectivity index (χ1n) is 8.46. The summed E-state index contributed by atoms with van der Waals surface area (Å²) in [6.45, 7) is 5.99. The average molecular weight is 457 g/mol. The van der Waals surface area contributed by atoms with Gasteiger partial charge < -0.3 is 0 Å². The van der Waals surface area contributed by atoms with E-state index >= 15 is 0 Å². The molecule has 8 heteroatoms. The number of fused-ring (bicyclic) bond motifs is 1. The molecule has 29 heavy (non-hydrogen) atoms. The molecule has 152 valence electrons. The van der Waals surface area contributed by atoms with Crippen molar-refractivity contribution < 1.29 is 34.2 Å². The van der Waals surface area contributed by atoms with Crippen LogP contribution in [-0.4, -0.2) is 28.2 Å². The summed E-state index contributed by atoms with van der Waals surface area (Å²) in [5.41, 5.74) is 0.919. The van der Waals surface area contributed by atoms with Crippen molar-refractivity contribution in [2.45, 2.75) is 6.54 Å². The number of anilines is 1. The van der Waals surface area contributed by atoms with Crippen LogP contribution in [0.15, 0.2) is 60.6 Å². The molecule has 3 rings (SSSR count). The molecule has 3 aromatic rings. The second kappa shape index (κ2) is 8.72. The molecule has 0 aliphatic heterocycles. The van der Waals surface area contributed by atoms with Crippen molar-refractivity contribution in [1.82, 2.24) is 4.90 Å². The Morgan fingerprint density at radius 3 is 2.69 bits per heavy atom. The predicted molar refractivity (Wildman–Crippen MR) is 106 cm³/mol. The molecular formula is C21H17ClFN3NiO2. The molecule has 0 saturated heterocycles. The van der Waals surface area contributed by atoms with Crippen LogP contribution < -0.4 is 9.63 Å². The van der Waals surface area contributed by atoms with Crippen molar-refractivity contribution >= 4 is 39.1 Å². The number of aromatic nitrogens is 1. The Hall–Kier alpha value is -2.76. The molecule has 1 amide bonds.